The van der Waals surface area contributed by atoms with Gasteiger partial charge in [-0.15, -0.1) is 11.3 Å². The zero-order valence-corrected chi connectivity index (χ0v) is 17.3. The number of thiazole rings is 1. The van der Waals surface area contributed by atoms with Crippen molar-refractivity contribution in [3.05, 3.63) is 75.1 Å². The molecule has 150 valence electrons. The normalized spacial score (nSPS) is 23.7. The first-order valence-electron chi connectivity index (χ1n) is 10.2. The van der Waals surface area contributed by atoms with E-state index in [2.05, 4.69) is 47.1 Å². The van der Waals surface area contributed by atoms with E-state index in [9.17, 15) is 9.90 Å². The lowest BCUT2D eigenvalue weighted by atomic mass is 9.78. The van der Waals surface area contributed by atoms with Gasteiger partial charge >= 0.3 is 0 Å². The minimum absolute atomic E-state index is 0.00929. The van der Waals surface area contributed by atoms with Crippen molar-refractivity contribution in [2.45, 2.75) is 31.8 Å². The van der Waals surface area contributed by atoms with E-state index >= 15 is 0 Å². The summed E-state index contributed by atoms with van der Waals surface area (Å²) < 4.78 is 1.85. The molecule has 5 nitrogen and oxygen atoms in total. The molecule has 1 fully saturated rings. The van der Waals surface area contributed by atoms with Crippen LogP contribution < -0.4 is 5.56 Å². The van der Waals surface area contributed by atoms with Gasteiger partial charge in [0.25, 0.3) is 5.56 Å². The second-order valence-electron chi connectivity index (χ2n) is 8.24. The molecule has 5 rings (SSSR count). The fourth-order valence-electron chi connectivity index (χ4n) is 5.04. The first-order chi connectivity index (χ1) is 14.1. The number of aromatic nitrogens is 2. The van der Waals surface area contributed by atoms with E-state index in [1.807, 2.05) is 16.8 Å². The predicted molar refractivity (Wildman–Crippen MR) is 115 cm³/mol. The van der Waals surface area contributed by atoms with Crippen LogP contribution in [0.5, 0.6) is 0 Å². The maximum atomic E-state index is 12.4. The standard InChI is InChI=1S/C23H25N3O2S/c1-15-5-2-3-6-19(15)23-24-10-18(29-23)13-25-11-16-9-17(12-25)21(14-27)26-20(16)7-4-8-22(26)28/h2-8,10,16-17,21,27H,9,11-14H2,1H3/t16-,17+,21+/m1/s1. The minimum atomic E-state index is -0.123. The molecule has 3 atom stereocenters. The van der Waals surface area contributed by atoms with Crippen LogP contribution in [0.4, 0.5) is 0 Å². The van der Waals surface area contributed by atoms with Gasteiger partial charge in [-0.25, -0.2) is 4.98 Å². The van der Waals surface area contributed by atoms with Crippen LogP contribution in [0.3, 0.4) is 0 Å². The quantitative estimate of drug-likeness (QED) is 0.720. The van der Waals surface area contributed by atoms with E-state index in [1.165, 1.54) is 16.0 Å². The lowest BCUT2D eigenvalue weighted by molar-refractivity contribution is 0.0585. The SMILES string of the molecule is Cc1ccccc1-c1ncc(CN2C[C@H]3C[C@@H](C2)[C@H](CO)n2c3cccc2=O)s1. The highest BCUT2D eigenvalue weighted by Gasteiger charge is 2.40. The number of nitrogens with zero attached hydrogens (tertiary/aromatic N) is 3. The fourth-order valence-corrected chi connectivity index (χ4v) is 6.08. The maximum Gasteiger partial charge on any atom is 0.251 e. The summed E-state index contributed by atoms with van der Waals surface area (Å²) in [5.41, 5.74) is 3.53. The number of likely N-dealkylation sites (tertiary alicyclic amines) is 1. The Hall–Kier alpha value is -2.28. The van der Waals surface area contributed by atoms with Crippen molar-refractivity contribution in [3.63, 3.8) is 0 Å². The number of hydrogen-bond acceptors (Lipinski definition) is 5. The van der Waals surface area contributed by atoms with Crippen LogP contribution in [0.25, 0.3) is 10.6 Å². The summed E-state index contributed by atoms with van der Waals surface area (Å²) in [6.07, 6.45) is 3.04. The van der Waals surface area contributed by atoms with Crippen molar-refractivity contribution in [2.75, 3.05) is 19.7 Å². The Kier molecular flexibility index (Phi) is 4.86. The van der Waals surface area contributed by atoms with Gasteiger partial charge in [0.2, 0.25) is 0 Å². The number of rotatable bonds is 4. The highest BCUT2D eigenvalue weighted by molar-refractivity contribution is 7.15. The third-order valence-electron chi connectivity index (χ3n) is 6.37. The highest BCUT2D eigenvalue weighted by Crippen LogP contribution is 2.41. The molecule has 4 heterocycles. The predicted octanol–water partition coefficient (Wildman–Crippen LogP) is 3.43. The molecular weight excluding hydrogens is 382 g/mol. The Morgan fingerprint density at radius 1 is 1.17 bits per heavy atom. The zero-order valence-electron chi connectivity index (χ0n) is 16.5. The van der Waals surface area contributed by atoms with Crippen molar-refractivity contribution in [1.29, 1.82) is 0 Å². The monoisotopic (exact) mass is 407 g/mol. The van der Waals surface area contributed by atoms with Crippen molar-refractivity contribution >= 4 is 11.3 Å². The molecule has 0 radical (unpaired) electrons. The molecule has 1 N–H and O–H groups in total. The van der Waals surface area contributed by atoms with Crippen LogP contribution in [-0.2, 0) is 6.54 Å². The smallest absolute Gasteiger partial charge is 0.251 e. The molecule has 6 heteroatoms. The van der Waals surface area contributed by atoms with Gasteiger partial charge in [-0.05, 0) is 30.9 Å². The van der Waals surface area contributed by atoms with Gasteiger partial charge in [-0.2, -0.15) is 0 Å². The second-order valence-corrected chi connectivity index (χ2v) is 9.36. The summed E-state index contributed by atoms with van der Waals surface area (Å²) in [6.45, 7) is 4.85. The lowest BCUT2D eigenvalue weighted by Gasteiger charge is -2.46. The molecule has 2 aromatic heterocycles. The van der Waals surface area contributed by atoms with Crippen molar-refractivity contribution in [1.82, 2.24) is 14.5 Å². The molecule has 1 saturated heterocycles. The van der Waals surface area contributed by atoms with Gasteiger partial charge in [0, 0.05) is 53.9 Å². The van der Waals surface area contributed by atoms with Crippen LogP contribution >= 0.6 is 11.3 Å². The summed E-state index contributed by atoms with van der Waals surface area (Å²) in [4.78, 5) is 20.8. The molecule has 0 unspecified atom stereocenters. The van der Waals surface area contributed by atoms with E-state index < -0.39 is 0 Å². The molecule has 0 spiro atoms. The maximum absolute atomic E-state index is 12.4. The van der Waals surface area contributed by atoms with Crippen LogP contribution in [0.1, 0.15) is 34.5 Å². The number of aliphatic hydroxyl groups is 1. The topological polar surface area (TPSA) is 58.4 Å². The number of benzene rings is 1. The third kappa shape index (κ3) is 3.35. The van der Waals surface area contributed by atoms with Gasteiger partial charge in [0.15, 0.2) is 0 Å². The fraction of sp³-hybridized carbons (Fsp3) is 0.391. The number of hydrogen-bond donors (Lipinski definition) is 1. The Labute approximate surface area is 174 Å². The summed E-state index contributed by atoms with van der Waals surface area (Å²) in [7, 11) is 0. The first-order valence-corrected chi connectivity index (χ1v) is 11.0. The van der Waals surface area contributed by atoms with Gasteiger partial charge < -0.3 is 9.67 Å². The summed E-state index contributed by atoms with van der Waals surface area (Å²) >= 11 is 1.76. The Morgan fingerprint density at radius 2 is 2.03 bits per heavy atom. The lowest BCUT2D eigenvalue weighted by Crippen LogP contribution is -2.49. The number of fused-ring (bicyclic) bond motifs is 4. The number of pyridine rings is 1. The van der Waals surface area contributed by atoms with Gasteiger partial charge in [-0.3, -0.25) is 9.69 Å². The summed E-state index contributed by atoms with van der Waals surface area (Å²) in [5, 5.41) is 11.1. The number of aryl methyl sites for hydroxylation is 1. The van der Waals surface area contributed by atoms with Crippen LogP contribution in [0.15, 0.2) is 53.5 Å². The average molecular weight is 408 g/mol. The summed E-state index contributed by atoms with van der Waals surface area (Å²) in [6, 6.07) is 13.7. The summed E-state index contributed by atoms with van der Waals surface area (Å²) in [5.74, 6) is 0.643. The molecule has 2 bridgehead atoms. The van der Waals surface area contributed by atoms with E-state index in [4.69, 9.17) is 0 Å². The molecule has 2 aliphatic rings. The van der Waals surface area contributed by atoms with Crippen LogP contribution in [-0.4, -0.2) is 39.3 Å². The molecule has 3 aromatic rings. The molecule has 0 aliphatic carbocycles. The molecule has 1 aromatic carbocycles. The molecule has 0 amide bonds. The van der Waals surface area contributed by atoms with Gasteiger partial charge in [0.05, 0.1) is 12.6 Å². The number of aliphatic hydroxyl groups excluding tert-OH is 1. The van der Waals surface area contributed by atoms with E-state index in [0.717, 1.165) is 36.8 Å². The second kappa shape index (κ2) is 7.52. The Bertz CT molecular complexity index is 1090. The van der Waals surface area contributed by atoms with Gasteiger partial charge in [0.1, 0.15) is 5.01 Å². The van der Waals surface area contributed by atoms with E-state index in [0.29, 0.717) is 11.8 Å². The van der Waals surface area contributed by atoms with Crippen molar-refractivity contribution in [3.8, 4) is 10.6 Å². The van der Waals surface area contributed by atoms with Crippen LogP contribution in [0, 0.1) is 12.8 Å². The Balaban J connectivity index is 1.39. The van der Waals surface area contributed by atoms with E-state index in [-0.39, 0.29) is 18.2 Å². The molecule has 0 saturated carbocycles. The van der Waals surface area contributed by atoms with Crippen molar-refractivity contribution < 1.29 is 5.11 Å². The van der Waals surface area contributed by atoms with Gasteiger partial charge in [-0.1, -0.05) is 30.3 Å². The number of piperidine rings is 1. The van der Waals surface area contributed by atoms with Crippen LogP contribution in [0.2, 0.25) is 0 Å². The zero-order chi connectivity index (χ0) is 20.0. The van der Waals surface area contributed by atoms with E-state index in [1.54, 1.807) is 17.4 Å². The first kappa shape index (κ1) is 18.7. The molecule has 2 aliphatic heterocycles. The molecule has 29 heavy (non-hydrogen) atoms. The largest absolute Gasteiger partial charge is 0.394 e. The Morgan fingerprint density at radius 3 is 2.86 bits per heavy atom. The minimum Gasteiger partial charge on any atom is -0.394 e. The third-order valence-corrected chi connectivity index (χ3v) is 7.38. The molecular formula is C23H25N3O2S. The average Bonchev–Trinajstić information content (AvgIpc) is 3.17. The highest BCUT2D eigenvalue weighted by atomic mass is 32.1. The van der Waals surface area contributed by atoms with Crippen molar-refractivity contribution in [2.24, 2.45) is 5.92 Å².